The van der Waals surface area contributed by atoms with Crippen LogP contribution in [-0.2, 0) is 16.1 Å². The molecule has 0 aliphatic carbocycles. The van der Waals surface area contributed by atoms with E-state index in [-0.39, 0.29) is 0 Å². The third-order valence-electron chi connectivity index (χ3n) is 2.55. The lowest BCUT2D eigenvalue weighted by Gasteiger charge is -2.14. The first-order valence-electron chi connectivity index (χ1n) is 6.62. The van der Waals surface area contributed by atoms with Gasteiger partial charge in [-0.05, 0) is 18.9 Å². The standard InChI is InChI=1S/C14H21N3O3/c1-3-9-15-14(19)17-16-13(18)11(2)20-10-12-7-5-4-6-8-12/h4-8,11H,3,9-10H2,1-2H3,(H,16,18)(H2,15,17,19). The summed E-state index contributed by atoms with van der Waals surface area (Å²) in [6.45, 7) is 4.47. The zero-order chi connectivity index (χ0) is 14.8. The van der Waals surface area contributed by atoms with Crippen LogP contribution in [0.1, 0.15) is 25.8 Å². The van der Waals surface area contributed by atoms with E-state index in [9.17, 15) is 9.59 Å². The van der Waals surface area contributed by atoms with Crippen LogP contribution in [0.5, 0.6) is 0 Å². The van der Waals surface area contributed by atoms with Gasteiger partial charge in [-0.25, -0.2) is 10.2 Å². The van der Waals surface area contributed by atoms with Gasteiger partial charge in [-0.1, -0.05) is 37.3 Å². The molecule has 0 fully saturated rings. The fourth-order valence-corrected chi connectivity index (χ4v) is 1.37. The van der Waals surface area contributed by atoms with Gasteiger partial charge in [0.25, 0.3) is 5.91 Å². The lowest BCUT2D eigenvalue weighted by Crippen LogP contribution is -2.50. The Balaban J connectivity index is 2.24. The molecule has 0 heterocycles. The number of hydrogen-bond donors (Lipinski definition) is 3. The molecule has 0 aromatic heterocycles. The number of rotatable bonds is 6. The molecule has 6 nitrogen and oxygen atoms in total. The van der Waals surface area contributed by atoms with Crippen LogP contribution in [0.25, 0.3) is 0 Å². The van der Waals surface area contributed by atoms with E-state index in [4.69, 9.17) is 4.74 Å². The van der Waals surface area contributed by atoms with Crippen molar-refractivity contribution in [2.45, 2.75) is 33.0 Å². The van der Waals surface area contributed by atoms with Crippen LogP contribution in [0.4, 0.5) is 4.79 Å². The summed E-state index contributed by atoms with van der Waals surface area (Å²) in [7, 11) is 0. The third kappa shape index (κ3) is 6.19. The Hall–Kier alpha value is -2.08. The lowest BCUT2D eigenvalue weighted by molar-refractivity contribution is -0.133. The minimum absolute atomic E-state index is 0.345. The van der Waals surface area contributed by atoms with Gasteiger partial charge in [0.1, 0.15) is 6.10 Å². The first-order chi connectivity index (χ1) is 9.63. The van der Waals surface area contributed by atoms with Gasteiger partial charge in [0.15, 0.2) is 0 Å². The first kappa shape index (κ1) is 16.0. The number of carbonyl (C=O) groups is 2. The maximum absolute atomic E-state index is 11.7. The van der Waals surface area contributed by atoms with Crippen LogP contribution in [0.3, 0.4) is 0 Å². The summed E-state index contributed by atoms with van der Waals surface area (Å²) < 4.78 is 5.42. The molecule has 1 aromatic carbocycles. The second kappa shape index (κ2) is 8.92. The summed E-state index contributed by atoms with van der Waals surface area (Å²) in [5.41, 5.74) is 5.55. The van der Waals surface area contributed by atoms with Crippen LogP contribution in [0.2, 0.25) is 0 Å². The molecule has 0 saturated carbocycles. The van der Waals surface area contributed by atoms with Gasteiger partial charge in [0.05, 0.1) is 6.61 Å². The van der Waals surface area contributed by atoms with Gasteiger partial charge in [-0.2, -0.15) is 0 Å². The maximum atomic E-state index is 11.7. The molecule has 0 saturated heterocycles. The Morgan fingerprint density at radius 3 is 2.55 bits per heavy atom. The largest absolute Gasteiger partial charge is 0.364 e. The van der Waals surface area contributed by atoms with Crippen molar-refractivity contribution < 1.29 is 14.3 Å². The normalized spacial score (nSPS) is 11.5. The number of hydrazine groups is 1. The van der Waals surface area contributed by atoms with Crippen molar-refractivity contribution in [2.24, 2.45) is 0 Å². The molecule has 6 heteroatoms. The van der Waals surface area contributed by atoms with E-state index < -0.39 is 18.0 Å². The number of hydrogen-bond acceptors (Lipinski definition) is 3. The summed E-state index contributed by atoms with van der Waals surface area (Å²) in [6.07, 6.45) is 0.180. The molecular weight excluding hydrogens is 258 g/mol. The van der Waals surface area contributed by atoms with E-state index in [1.165, 1.54) is 0 Å². The minimum atomic E-state index is -0.651. The quantitative estimate of drug-likeness (QED) is 0.687. The third-order valence-corrected chi connectivity index (χ3v) is 2.55. The van der Waals surface area contributed by atoms with E-state index >= 15 is 0 Å². The SMILES string of the molecule is CCCNC(=O)NNC(=O)C(C)OCc1ccccc1. The zero-order valence-electron chi connectivity index (χ0n) is 11.8. The van der Waals surface area contributed by atoms with Crippen molar-refractivity contribution in [3.8, 4) is 0 Å². The highest BCUT2D eigenvalue weighted by molar-refractivity contribution is 5.83. The Bertz CT molecular complexity index is 423. The Labute approximate surface area is 118 Å². The van der Waals surface area contributed by atoms with E-state index in [0.29, 0.717) is 13.2 Å². The Kier molecular flexibility index (Phi) is 7.13. The van der Waals surface area contributed by atoms with Gasteiger partial charge in [-0.3, -0.25) is 10.2 Å². The van der Waals surface area contributed by atoms with Gasteiger partial charge in [0.2, 0.25) is 0 Å². The number of amides is 3. The summed E-state index contributed by atoms with van der Waals surface area (Å²) in [5, 5.41) is 2.58. The fourth-order valence-electron chi connectivity index (χ4n) is 1.37. The first-order valence-corrected chi connectivity index (χ1v) is 6.62. The average molecular weight is 279 g/mol. The number of benzene rings is 1. The Morgan fingerprint density at radius 2 is 1.90 bits per heavy atom. The minimum Gasteiger partial charge on any atom is -0.364 e. The topological polar surface area (TPSA) is 79.5 Å². The molecule has 3 N–H and O–H groups in total. The molecular formula is C14H21N3O3. The lowest BCUT2D eigenvalue weighted by atomic mass is 10.2. The van der Waals surface area contributed by atoms with E-state index in [2.05, 4.69) is 16.2 Å². The smallest absolute Gasteiger partial charge is 0.333 e. The summed E-state index contributed by atoms with van der Waals surface area (Å²) in [6, 6.07) is 9.13. The molecule has 0 aliphatic rings. The van der Waals surface area contributed by atoms with Crippen molar-refractivity contribution in [2.75, 3.05) is 6.54 Å². The number of ether oxygens (including phenoxy) is 1. The summed E-state index contributed by atoms with van der Waals surface area (Å²) in [4.78, 5) is 22.9. The number of urea groups is 1. The molecule has 1 atom stereocenters. The molecule has 1 rings (SSSR count). The van der Waals surface area contributed by atoms with E-state index in [1.54, 1.807) is 6.92 Å². The second-order valence-corrected chi connectivity index (χ2v) is 4.31. The molecule has 1 aromatic rings. The van der Waals surface area contributed by atoms with Crippen LogP contribution >= 0.6 is 0 Å². The van der Waals surface area contributed by atoms with Gasteiger partial charge in [0, 0.05) is 6.54 Å². The maximum Gasteiger partial charge on any atom is 0.333 e. The van der Waals surface area contributed by atoms with Crippen molar-refractivity contribution in [1.29, 1.82) is 0 Å². The summed E-state index contributed by atoms with van der Waals surface area (Å²) in [5.74, 6) is -0.396. The van der Waals surface area contributed by atoms with Crippen molar-refractivity contribution in [1.82, 2.24) is 16.2 Å². The monoisotopic (exact) mass is 279 g/mol. The fraction of sp³-hybridized carbons (Fsp3) is 0.429. The molecule has 0 bridgehead atoms. The molecule has 20 heavy (non-hydrogen) atoms. The van der Waals surface area contributed by atoms with Crippen molar-refractivity contribution >= 4 is 11.9 Å². The highest BCUT2D eigenvalue weighted by Crippen LogP contribution is 2.03. The van der Waals surface area contributed by atoms with Crippen LogP contribution in [-0.4, -0.2) is 24.6 Å². The van der Waals surface area contributed by atoms with E-state index in [0.717, 1.165) is 12.0 Å². The van der Waals surface area contributed by atoms with E-state index in [1.807, 2.05) is 37.3 Å². The number of carbonyl (C=O) groups excluding carboxylic acids is 2. The van der Waals surface area contributed by atoms with Crippen LogP contribution < -0.4 is 16.2 Å². The van der Waals surface area contributed by atoms with Gasteiger partial charge in [-0.15, -0.1) is 0 Å². The number of nitrogens with one attached hydrogen (secondary N) is 3. The molecule has 1 unspecified atom stereocenters. The highest BCUT2D eigenvalue weighted by Gasteiger charge is 2.13. The molecule has 110 valence electrons. The highest BCUT2D eigenvalue weighted by atomic mass is 16.5. The summed E-state index contributed by atoms with van der Waals surface area (Å²) >= 11 is 0. The Morgan fingerprint density at radius 1 is 1.20 bits per heavy atom. The molecule has 0 aliphatic heterocycles. The van der Waals surface area contributed by atoms with Crippen LogP contribution in [0, 0.1) is 0 Å². The van der Waals surface area contributed by atoms with Crippen molar-refractivity contribution in [3.63, 3.8) is 0 Å². The van der Waals surface area contributed by atoms with Gasteiger partial charge >= 0.3 is 6.03 Å². The average Bonchev–Trinajstić information content (AvgIpc) is 2.49. The zero-order valence-corrected chi connectivity index (χ0v) is 11.8. The molecule has 0 radical (unpaired) electrons. The predicted octanol–water partition coefficient (Wildman–Crippen LogP) is 1.33. The van der Waals surface area contributed by atoms with Crippen LogP contribution in [0.15, 0.2) is 30.3 Å². The molecule has 0 spiro atoms. The second-order valence-electron chi connectivity index (χ2n) is 4.31. The predicted molar refractivity (Wildman–Crippen MR) is 75.7 cm³/mol. The van der Waals surface area contributed by atoms with Crippen molar-refractivity contribution in [3.05, 3.63) is 35.9 Å². The van der Waals surface area contributed by atoms with Gasteiger partial charge < -0.3 is 10.1 Å². The molecule has 3 amide bonds.